The van der Waals surface area contributed by atoms with Crippen molar-refractivity contribution in [1.29, 1.82) is 0 Å². The quantitative estimate of drug-likeness (QED) is 0.780. The molecule has 0 saturated heterocycles. The lowest BCUT2D eigenvalue weighted by Crippen LogP contribution is -2.09. The van der Waals surface area contributed by atoms with E-state index >= 15 is 0 Å². The molecular weight excluding hydrogens is 174 g/mol. The molecule has 2 N–H and O–H groups in total. The summed E-state index contributed by atoms with van der Waals surface area (Å²) in [5, 5.41) is 4.41. The molecule has 1 aromatic rings. The van der Waals surface area contributed by atoms with Crippen molar-refractivity contribution in [1.82, 2.24) is 9.78 Å². The van der Waals surface area contributed by atoms with Crippen molar-refractivity contribution in [3.8, 4) is 0 Å². The van der Waals surface area contributed by atoms with Crippen molar-refractivity contribution in [3.05, 3.63) is 17.5 Å². The van der Waals surface area contributed by atoms with Crippen LogP contribution in [0.2, 0.25) is 0 Å². The molecule has 0 aliphatic rings. The standard InChI is InChI=1S/C11H21N3/c1-4-7-14-11(9(2)3)10(5-6-12)8-13-14/h8-9H,4-7,12H2,1-3H3. The SMILES string of the molecule is CCCn1ncc(CCN)c1C(C)C. The Morgan fingerprint density at radius 1 is 1.50 bits per heavy atom. The zero-order valence-electron chi connectivity index (χ0n) is 9.45. The Kier molecular flexibility index (Phi) is 4.14. The van der Waals surface area contributed by atoms with E-state index in [2.05, 4.69) is 30.6 Å². The summed E-state index contributed by atoms with van der Waals surface area (Å²) in [6.45, 7) is 8.32. The first-order valence-corrected chi connectivity index (χ1v) is 5.45. The van der Waals surface area contributed by atoms with E-state index in [0.717, 1.165) is 19.4 Å². The fourth-order valence-electron chi connectivity index (χ4n) is 1.84. The molecule has 0 atom stereocenters. The van der Waals surface area contributed by atoms with Gasteiger partial charge in [0, 0.05) is 12.2 Å². The molecule has 0 amide bonds. The van der Waals surface area contributed by atoms with Crippen LogP contribution < -0.4 is 5.73 Å². The number of rotatable bonds is 5. The van der Waals surface area contributed by atoms with E-state index < -0.39 is 0 Å². The van der Waals surface area contributed by atoms with Gasteiger partial charge in [0.1, 0.15) is 0 Å². The minimum Gasteiger partial charge on any atom is -0.330 e. The highest BCUT2D eigenvalue weighted by Crippen LogP contribution is 2.19. The normalized spacial score (nSPS) is 11.2. The van der Waals surface area contributed by atoms with Crippen LogP contribution >= 0.6 is 0 Å². The highest BCUT2D eigenvalue weighted by molar-refractivity contribution is 5.21. The zero-order valence-corrected chi connectivity index (χ0v) is 9.45. The van der Waals surface area contributed by atoms with E-state index in [1.165, 1.54) is 11.3 Å². The van der Waals surface area contributed by atoms with Crippen LogP contribution in [0.15, 0.2) is 6.20 Å². The van der Waals surface area contributed by atoms with E-state index in [4.69, 9.17) is 5.73 Å². The van der Waals surface area contributed by atoms with Crippen molar-refractivity contribution in [3.63, 3.8) is 0 Å². The Bertz CT molecular complexity index is 253. The minimum absolute atomic E-state index is 0.533. The number of hydrogen-bond donors (Lipinski definition) is 1. The third-order valence-corrected chi connectivity index (χ3v) is 2.36. The lowest BCUT2D eigenvalue weighted by molar-refractivity contribution is 0.555. The molecule has 0 aromatic carbocycles. The number of aromatic nitrogens is 2. The smallest absolute Gasteiger partial charge is 0.0525 e. The van der Waals surface area contributed by atoms with Crippen LogP contribution in [0.5, 0.6) is 0 Å². The molecule has 0 radical (unpaired) electrons. The van der Waals surface area contributed by atoms with Gasteiger partial charge in [0.25, 0.3) is 0 Å². The van der Waals surface area contributed by atoms with Crippen molar-refractivity contribution in [2.75, 3.05) is 6.54 Å². The monoisotopic (exact) mass is 195 g/mol. The molecule has 14 heavy (non-hydrogen) atoms. The Hall–Kier alpha value is -0.830. The Morgan fingerprint density at radius 3 is 2.71 bits per heavy atom. The average Bonchev–Trinajstić information content (AvgIpc) is 2.49. The van der Waals surface area contributed by atoms with E-state index in [9.17, 15) is 0 Å². The molecule has 80 valence electrons. The Morgan fingerprint density at radius 2 is 2.21 bits per heavy atom. The van der Waals surface area contributed by atoms with Crippen molar-refractivity contribution < 1.29 is 0 Å². The maximum atomic E-state index is 5.58. The molecule has 3 nitrogen and oxygen atoms in total. The highest BCUT2D eigenvalue weighted by Gasteiger charge is 2.12. The topological polar surface area (TPSA) is 43.8 Å². The molecule has 0 aliphatic heterocycles. The maximum Gasteiger partial charge on any atom is 0.0525 e. The van der Waals surface area contributed by atoms with Crippen LogP contribution in [0.3, 0.4) is 0 Å². The molecule has 1 rings (SSSR count). The third kappa shape index (κ3) is 2.35. The summed E-state index contributed by atoms with van der Waals surface area (Å²) in [5.41, 5.74) is 8.25. The van der Waals surface area contributed by atoms with Crippen LogP contribution in [0.25, 0.3) is 0 Å². The fraction of sp³-hybridized carbons (Fsp3) is 0.727. The number of nitrogens with two attached hydrogens (primary N) is 1. The van der Waals surface area contributed by atoms with Gasteiger partial charge in [0.15, 0.2) is 0 Å². The van der Waals surface area contributed by atoms with Crippen molar-refractivity contribution in [2.45, 2.75) is 46.1 Å². The molecule has 0 aliphatic carbocycles. The maximum absolute atomic E-state index is 5.58. The summed E-state index contributed by atoms with van der Waals surface area (Å²) in [6, 6.07) is 0. The second-order valence-corrected chi connectivity index (χ2v) is 3.97. The van der Waals surface area contributed by atoms with Gasteiger partial charge in [-0.25, -0.2) is 0 Å². The summed E-state index contributed by atoms with van der Waals surface area (Å²) in [7, 11) is 0. The molecular formula is C11H21N3. The van der Waals surface area contributed by atoms with Crippen molar-refractivity contribution >= 4 is 0 Å². The van der Waals surface area contributed by atoms with Crippen molar-refractivity contribution in [2.24, 2.45) is 5.73 Å². The molecule has 0 fully saturated rings. The first kappa shape index (κ1) is 11.2. The summed E-state index contributed by atoms with van der Waals surface area (Å²) in [6.07, 6.45) is 4.04. The minimum atomic E-state index is 0.533. The predicted molar refractivity (Wildman–Crippen MR) is 59.4 cm³/mol. The summed E-state index contributed by atoms with van der Waals surface area (Å²) in [5.74, 6) is 0.533. The van der Waals surface area contributed by atoms with Gasteiger partial charge in [-0.1, -0.05) is 20.8 Å². The number of aryl methyl sites for hydroxylation is 1. The molecule has 1 heterocycles. The molecule has 0 saturated carbocycles. The van der Waals surface area contributed by atoms with Gasteiger partial charge in [-0.05, 0) is 30.9 Å². The first-order chi connectivity index (χ1) is 6.70. The zero-order chi connectivity index (χ0) is 10.6. The number of hydrogen-bond acceptors (Lipinski definition) is 2. The van der Waals surface area contributed by atoms with Gasteiger partial charge in [-0.3, -0.25) is 4.68 Å². The van der Waals surface area contributed by atoms with E-state index in [-0.39, 0.29) is 0 Å². The number of nitrogens with zero attached hydrogens (tertiary/aromatic N) is 2. The lowest BCUT2D eigenvalue weighted by atomic mass is 10.0. The molecule has 1 aromatic heterocycles. The fourth-order valence-corrected chi connectivity index (χ4v) is 1.84. The molecule has 3 heteroatoms. The second kappa shape index (κ2) is 5.15. The third-order valence-electron chi connectivity index (χ3n) is 2.36. The largest absolute Gasteiger partial charge is 0.330 e. The first-order valence-electron chi connectivity index (χ1n) is 5.45. The Labute approximate surface area is 86.3 Å². The molecule has 0 unspecified atom stereocenters. The van der Waals surface area contributed by atoms with Crippen LogP contribution in [-0.2, 0) is 13.0 Å². The summed E-state index contributed by atoms with van der Waals surface area (Å²) in [4.78, 5) is 0. The van der Waals surface area contributed by atoms with Gasteiger partial charge in [-0.2, -0.15) is 5.10 Å². The molecule has 0 spiro atoms. The van der Waals surface area contributed by atoms with Crippen LogP contribution in [0, 0.1) is 0 Å². The Balaban J connectivity index is 2.94. The average molecular weight is 195 g/mol. The second-order valence-electron chi connectivity index (χ2n) is 3.97. The van der Waals surface area contributed by atoms with Gasteiger partial charge in [0.05, 0.1) is 6.20 Å². The summed E-state index contributed by atoms with van der Waals surface area (Å²) >= 11 is 0. The van der Waals surface area contributed by atoms with Crippen LogP contribution in [0.4, 0.5) is 0 Å². The van der Waals surface area contributed by atoms with E-state index in [1.807, 2.05) is 6.20 Å². The van der Waals surface area contributed by atoms with E-state index in [1.54, 1.807) is 0 Å². The highest BCUT2D eigenvalue weighted by atomic mass is 15.3. The van der Waals surface area contributed by atoms with Crippen LogP contribution in [-0.4, -0.2) is 16.3 Å². The van der Waals surface area contributed by atoms with Crippen LogP contribution in [0.1, 0.15) is 44.4 Å². The van der Waals surface area contributed by atoms with Gasteiger partial charge >= 0.3 is 0 Å². The van der Waals surface area contributed by atoms with Gasteiger partial charge < -0.3 is 5.73 Å². The lowest BCUT2D eigenvalue weighted by Gasteiger charge is -2.11. The van der Waals surface area contributed by atoms with Gasteiger partial charge in [0.2, 0.25) is 0 Å². The van der Waals surface area contributed by atoms with E-state index in [0.29, 0.717) is 12.5 Å². The van der Waals surface area contributed by atoms with Gasteiger partial charge in [-0.15, -0.1) is 0 Å². The predicted octanol–water partition coefficient (Wildman–Crippen LogP) is 1.92. The summed E-state index contributed by atoms with van der Waals surface area (Å²) < 4.78 is 2.12. The molecule has 0 bridgehead atoms.